The lowest BCUT2D eigenvalue weighted by molar-refractivity contribution is -0.132. The summed E-state index contributed by atoms with van der Waals surface area (Å²) >= 11 is 0. The van der Waals surface area contributed by atoms with E-state index < -0.39 is 10.8 Å². The third-order valence-electron chi connectivity index (χ3n) is 7.36. The van der Waals surface area contributed by atoms with Crippen molar-refractivity contribution < 1.29 is 18.5 Å². The van der Waals surface area contributed by atoms with Crippen LogP contribution in [0.5, 0.6) is 5.75 Å². The number of nitrogens with one attached hydrogen (secondary N) is 1. The van der Waals surface area contributed by atoms with Gasteiger partial charge in [0, 0.05) is 69.7 Å². The molecule has 1 N–H and O–H groups in total. The monoisotopic (exact) mass is 524 g/mol. The number of benzene rings is 1. The summed E-state index contributed by atoms with van der Waals surface area (Å²) in [6, 6.07) is 8.02. The first-order chi connectivity index (χ1) is 18.0. The molecule has 0 spiro atoms. The van der Waals surface area contributed by atoms with Gasteiger partial charge in [-0.2, -0.15) is 4.98 Å². The minimum Gasteiger partial charge on any atom is -0.490 e. The number of likely N-dealkylation sites (N-methyl/N-ethyl adjacent to an activating group) is 1. The van der Waals surface area contributed by atoms with Crippen molar-refractivity contribution in [3.63, 3.8) is 0 Å². The SMILES string of the molecule is CN1C[C@@H](Nc2nc(N3CCC(Oc4ccc(C5=NCCO5)cc4)CC3)nc3c2[S@](=O)CC3)CCC1=O. The van der Waals surface area contributed by atoms with E-state index in [0.717, 1.165) is 54.3 Å². The first-order valence-corrected chi connectivity index (χ1v) is 14.3. The maximum Gasteiger partial charge on any atom is 0.227 e. The largest absolute Gasteiger partial charge is 0.490 e. The number of aryl methyl sites for hydroxylation is 1. The first-order valence-electron chi connectivity index (χ1n) is 13.0. The van der Waals surface area contributed by atoms with Crippen molar-refractivity contribution in [2.45, 2.75) is 49.1 Å². The fourth-order valence-corrected chi connectivity index (χ4v) is 6.61. The van der Waals surface area contributed by atoms with Crippen molar-refractivity contribution >= 4 is 34.4 Å². The standard InChI is InChI=1S/C26H32N6O4S/c1-31-16-18(4-7-22(31)33)28-24-23-21(10-15-37(23)34)29-26(30-24)32-12-8-20(9-13-32)36-19-5-2-17(3-6-19)25-27-11-14-35-25/h2-3,5-6,18,20H,4,7-16H2,1H3,(H,28,29,30)/t18-,37+/m0/s1. The third kappa shape index (κ3) is 5.14. The molecule has 11 heteroatoms. The topological polar surface area (TPSA) is 109 Å². The van der Waals surface area contributed by atoms with Crippen LogP contribution in [0, 0.1) is 0 Å². The summed E-state index contributed by atoms with van der Waals surface area (Å²) in [6.45, 7) is 3.55. The van der Waals surface area contributed by atoms with E-state index in [0.29, 0.717) is 56.0 Å². The second-order valence-electron chi connectivity index (χ2n) is 9.97. The van der Waals surface area contributed by atoms with Crippen molar-refractivity contribution in [3.8, 4) is 5.75 Å². The van der Waals surface area contributed by atoms with E-state index in [1.54, 1.807) is 4.90 Å². The maximum absolute atomic E-state index is 12.7. The van der Waals surface area contributed by atoms with Crippen LogP contribution >= 0.6 is 0 Å². The van der Waals surface area contributed by atoms with Crippen LogP contribution < -0.4 is 15.0 Å². The van der Waals surface area contributed by atoms with Gasteiger partial charge in [0.2, 0.25) is 17.8 Å². The zero-order valence-electron chi connectivity index (χ0n) is 21.0. The van der Waals surface area contributed by atoms with Gasteiger partial charge in [-0.05, 0) is 30.7 Å². The number of amides is 1. The number of hydrogen-bond donors (Lipinski definition) is 1. The number of ether oxygens (including phenoxy) is 2. The second kappa shape index (κ2) is 10.3. The summed E-state index contributed by atoms with van der Waals surface area (Å²) in [7, 11) is 0.727. The molecule has 2 aromatic rings. The summed E-state index contributed by atoms with van der Waals surface area (Å²) in [6.07, 6.45) is 3.80. The molecule has 0 bridgehead atoms. The first kappa shape index (κ1) is 24.1. The van der Waals surface area contributed by atoms with E-state index in [2.05, 4.69) is 15.2 Å². The van der Waals surface area contributed by atoms with Gasteiger partial charge < -0.3 is 24.6 Å². The van der Waals surface area contributed by atoms with E-state index >= 15 is 0 Å². The minimum absolute atomic E-state index is 0.0879. The second-order valence-corrected chi connectivity index (χ2v) is 11.5. The smallest absolute Gasteiger partial charge is 0.227 e. The number of rotatable bonds is 6. The number of aliphatic imine (C=N–C) groups is 1. The van der Waals surface area contributed by atoms with E-state index in [1.165, 1.54) is 0 Å². The summed E-state index contributed by atoms with van der Waals surface area (Å²) < 4.78 is 24.5. The van der Waals surface area contributed by atoms with Crippen molar-refractivity contribution in [2.24, 2.45) is 4.99 Å². The lowest BCUT2D eigenvalue weighted by atomic mass is 10.1. The van der Waals surface area contributed by atoms with Gasteiger partial charge in [-0.1, -0.05) is 0 Å². The molecule has 1 aromatic heterocycles. The molecule has 0 saturated carbocycles. The summed E-state index contributed by atoms with van der Waals surface area (Å²) in [5.74, 6) is 3.64. The molecule has 0 unspecified atom stereocenters. The lowest BCUT2D eigenvalue weighted by Crippen LogP contribution is -2.43. The highest BCUT2D eigenvalue weighted by atomic mass is 32.2. The van der Waals surface area contributed by atoms with Gasteiger partial charge in [-0.15, -0.1) is 0 Å². The molecular formula is C26H32N6O4S. The summed E-state index contributed by atoms with van der Waals surface area (Å²) in [5.41, 5.74) is 1.85. The molecule has 2 atom stereocenters. The normalized spacial score (nSPS) is 24.0. The fraction of sp³-hybridized carbons (Fsp3) is 0.538. The predicted molar refractivity (Wildman–Crippen MR) is 141 cm³/mol. The molecule has 2 saturated heterocycles. The molecule has 37 heavy (non-hydrogen) atoms. The molecule has 0 radical (unpaired) electrons. The molecule has 4 aliphatic heterocycles. The Kier molecular flexibility index (Phi) is 6.71. The molecule has 5 heterocycles. The highest BCUT2D eigenvalue weighted by Gasteiger charge is 2.31. The Bertz CT molecular complexity index is 1230. The van der Waals surface area contributed by atoms with Gasteiger partial charge in [0.1, 0.15) is 29.2 Å². The zero-order valence-corrected chi connectivity index (χ0v) is 21.8. The fourth-order valence-electron chi connectivity index (χ4n) is 5.30. The molecule has 1 amide bonds. The Morgan fingerprint density at radius 3 is 2.65 bits per heavy atom. The zero-order chi connectivity index (χ0) is 25.4. The number of nitrogens with zero attached hydrogens (tertiary/aromatic N) is 5. The Labute approximate surface area is 218 Å². The van der Waals surface area contributed by atoms with Crippen LogP contribution in [0.1, 0.15) is 36.9 Å². The number of carbonyl (C=O) groups is 1. The van der Waals surface area contributed by atoms with Crippen LogP contribution in [0.4, 0.5) is 11.8 Å². The molecule has 10 nitrogen and oxygen atoms in total. The van der Waals surface area contributed by atoms with Gasteiger partial charge in [0.25, 0.3) is 0 Å². The number of hydrogen-bond acceptors (Lipinski definition) is 9. The number of likely N-dealkylation sites (tertiary alicyclic amines) is 1. The van der Waals surface area contributed by atoms with Gasteiger partial charge in [-0.25, -0.2) is 9.98 Å². The summed E-state index contributed by atoms with van der Waals surface area (Å²) in [5, 5.41) is 3.50. The van der Waals surface area contributed by atoms with Crippen LogP contribution in [-0.4, -0.2) is 88.6 Å². The molecule has 1 aromatic carbocycles. The minimum atomic E-state index is -1.10. The summed E-state index contributed by atoms with van der Waals surface area (Å²) in [4.78, 5) is 30.6. The molecule has 4 aliphatic rings. The quantitative estimate of drug-likeness (QED) is 0.611. The molecule has 0 aliphatic carbocycles. The predicted octanol–water partition coefficient (Wildman–Crippen LogP) is 2.00. The van der Waals surface area contributed by atoms with Crippen molar-refractivity contribution in [1.29, 1.82) is 0 Å². The number of piperidine rings is 2. The number of aromatic nitrogens is 2. The average Bonchev–Trinajstić information content (AvgIpc) is 3.58. The van der Waals surface area contributed by atoms with Gasteiger partial charge >= 0.3 is 0 Å². The molecular weight excluding hydrogens is 492 g/mol. The van der Waals surface area contributed by atoms with Crippen molar-refractivity contribution in [2.75, 3.05) is 55.8 Å². The number of fused-ring (bicyclic) bond motifs is 1. The van der Waals surface area contributed by atoms with Gasteiger partial charge in [0.05, 0.1) is 23.0 Å². The lowest BCUT2D eigenvalue weighted by Gasteiger charge is -2.33. The average molecular weight is 525 g/mol. The highest BCUT2D eigenvalue weighted by molar-refractivity contribution is 7.85. The van der Waals surface area contributed by atoms with E-state index in [-0.39, 0.29) is 18.1 Å². The van der Waals surface area contributed by atoms with Crippen molar-refractivity contribution in [3.05, 3.63) is 35.5 Å². The Balaban J connectivity index is 1.11. The van der Waals surface area contributed by atoms with E-state index in [4.69, 9.17) is 19.4 Å². The molecule has 2 fully saturated rings. The van der Waals surface area contributed by atoms with Crippen LogP contribution in [-0.2, 0) is 26.8 Å². The van der Waals surface area contributed by atoms with Gasteiger partial charge in [-0.3, -0.25) is 9.00 Å². The number of carbonyl (C=O) groups excluding carboxylic acids is 1. The maximum atomic E-state index is 12.7. The van der Waals surface area contributed by atoms with E-state index in [1.807, 2.05) is 31.3 Å². The Morgan fingerprint density at radius 1 is 1.11 bits per heavy atom. The van der Waals surface area contributed by atoms with E-state index in [9.17, 15) is 9.00 Å². The Morgan fingerprint density at radius 2 is 1.92 bits per heavy atom. The third-order valence-corrected chi connectivity index (χ3v) is 8.82. The van der Waals surface area contributed by atoms with Crippen LogP contribution in [0.2, 0.25) is 0 Å². The molecule has 196 valence electrons. The van der Waals surface area contributed by atoms with Crippen LogP contribution in [0.3, 0.4) is 0 Å². The Hall–Kier alpha value is -3.21. The highest BCUT2D eigenvalue weighted by Crippen LogP contribution is 2.32. The van der Waals surface area contributed by atoms with Gasteiger partial charge in [0.15, 0.2) is 0 Å². The van der Waals surface area contributed by atoms with Crippen LogP contribution in [0.15, 0.2) is 34.2 Å². The van der Waals surface area contributed by atoms with Crippen molar-refractivity contribution in [1.82, 2.24) is 14.9 Å². The molecule has 6 rings (SSSR count). The number of anilines is 2. The van der Waals surface area contributed by atoms with Crippen LogP contribution in [0.25, 0.3) is 0 Å².